The fourth-order valence-electron chi connectivity index (χ4n) is 3.69. The molecule has 13 heteroatoms. The number of hydrogen-bond donors (Lipinski definition) is 6. The normalized spacial score (nSPS) is 24.5. The van der Waals surface area contributed by atoms with Crippen LogP contribution in [0.25, 0.3) is 22.3 Å². The Labute approximate surface area is 207 Å². The van der Waals surface area contributed by atoms with Crippen LogP contribution in [-0.2, 0) is 19.1 Å². The zero-order valence-corrected chi connectivity index (χ0v) is 19.0. The number of aliphatic hydroxyl groups excluding tert-OH is 3. The fraction of sp³-hybridized carbons (Fsp3) is 0.292. The predicted molar refractivity (Wildman–Crippen MR) is 122 cm³/mol. The number of carboxylic acids is 1. The Morgan fingerprint density at radius 1 is 0.973 bits per heavy atom. The molecule has 3 aromatic rings. The molecule has 0 unspecified atom stereocenters. The number of carbonyl (C=O) groups excluding carboxylic acids is 1. The van der Waals surface area contributed by atoms with Crippen LogP contribution in [0.2, 0.25) is 0 Å². The topological polar surface area (TPSA) is 213 Å². The van der Waals surface area contributed by atoms with E-state index < -0.39 is 59.9 Å². The van der Waals surface area contributed by atoms with Crippen molar-refractivity contribution in [2.24, 2.45) is 0 Å². The molecule has 1 fully saturated rings. The lowest BCUT2D eigenvalue weighted by molar-refractivity contribution is -0.301. The summed E-state index contributed by atoms with van der Waals surface area (Å²) in [6.45, 7) is 1.19. The quantitative estimate of drug-likeness (QED) is 0.189. The van der Waals surface area contributed by atoms with Crippen LogP contribution in [0.4, 0.5) is 0 Å². The summed E-state index contributed by atoms with van der Waals surface area (Å²) < 4.78 is 21.1. The third-order valence-corrected chi connectivity index (χ3v) is 5.64. The van der Waals surface area contributed by atoms with Crippen molar-refractivity contribution >= 4 is 22.9 Å². The smallest absolute Gasteiger partial charge is 0.340 e. The van der Waals surface area contributed by atoms with E-state index in [1.165, 1.54) is 37.3 Å². The number of carbonyl (C=O) groups is 2. The molecular weight excluding hydrogens is 496 g/mol. The molecule has 0 bridgehead atoms. The molecular formula is C24H22O13. The van der Waals surface area contributed by atoms with Crippen molar-refractivity contribution in [3.8, 4) is 28.6 Å². The molecule has 2 aromatic carbocycles. The zero-order valence-electron chi connectivity index (χ0n) is 19.0. The fourth-order valence-corrected chi connectivity index (χ4v) is 3.69. The van der Waals surface area contributed by atoms with Crippen LogP contribution in [0.3, 0.4) is 0 Å². The molecule has 13 nitrogen and oxygen atoms in total. The number of aromatic hydroxyl groups is 2. The van der Waals surface area contributed by atoms with Crippen molar-refractivity contribution in [3.05, 3.63) is 52.7 Å². The van der Waals surface area contributed by atoms with Gasteiger partial charge in [-0.3, -0.25) is 4.79 Å². The lowest BCUT2D eigenvalue weighted by atomic mass is 9.99. The van der Waals surface area contributed by atoms with Gasteiger partial charge in [0.25, 0.3) is 0 Å². The highest BCUT2D eigenvalue weighted by Gasteiger charge is 2.48. The van der Waals surface area contributed by atoms with Gasteiger partial charge >= 0.3 is 11.9 Å². The molecule has 0 radical (unpaired) electrons. The van der Waals surface area contributed by atoms with E-state index in [0.29, 0.717) is 5.56 Å². The van der Waals surface area contributed by atoms with Crippen molar-refractivity contribution in [2.45, 2.75) is 43.7 Å². The molecule has 1 aromatic heterocycles. The van der Waals surface area contributed by atoms with Gasteiger partial charge in [-0.15, -0.1) is 0 Å². The van der Waals surface area contributed by atoms with Gasteiger partial charge in [0, 0.05) is 23.8 Å². The molecule has 0 aliphatic carbocycles. The molecule has 196 valence electrons. The Balaban J connectivity index is 1.54. The summed E-state index contributed by atoms with van der Waals surface area (Å²) >= 11 is 0. The van der Waals surface area contributed by atoms with Crippen LogP contribution >= 0.6 is 0 Å². The maximum Gasteiger partial charge on any atom is 0.340 e. The first-order valence-corrected chi connectivity index (χ1v) is 10.9. The van der Waals surface area contributed by atoms with Crippen molar-refractivity contribution in [1.29, 1.82) is 0 Å². The molecule has 2 heterocycles. The van der Waals surface area contributed by atoms with E-state index in [1.54, 1.807) is 0 Å². The van der Waals surface area contributed by atoms with E-state index in [0.717, 1.165) is 12.1 Å². The number of phenols is 2. The van der Waals surface area contributed by atoms with Crippen LogP contribution in [0, 0.1) is 0 Å². The van der Waals surface area contributed by atoms with Crippen molar-refractivity contribution < 1.29 is 58.9 Å². The van der Waals surface area contributed by atoms with E-state index in [9.17, 15) is 39.9 Å². The summed E-state index contributed by atoms with van der Waals surface area (Å²) in [4.78, 5) is 36.4. The van der Waals surface area contributed by atoms with E-state index in [1.807, 2.05) is 0 Å². The summed E-state index contributed by atoms with van der Waals surface area (Å²) in [7, 11) is 0. The highest BCUT2D eigenvalue weighted by molar-refractivity contribution is 5.87. The number of fused-ring (bicyclic) bond motifs is 1. The summed E-state index contributed by atoms with van der Waals surface area (Å²) in [5.41, 5.74) is -0.230. The van der Waals surface area contributed by atoms with Gasteiger partial charge in [0.1, 0.15) is 52.3 Å². The summed E-state index contributed by atoms with van der Waals surface area (Å²) in [5, 5.41) is 58.4. The van der Waals surface area contributed by atoms with Gasteiger partial charge in [-0.25, -0.2) is 9.59 Å². The summed E-state index contributed by atoms with van der Waals surface area (Å²) in [6, 6.07) is 9.13. The number of phenolic OH excluding ortho intramolecular Hbond substituents is 2. The number of ether oxygens (including phenoxy) is 3. The first kappa shape index (κ1) is 26.1. The summed E-state index contributed by atoms with van der Waals surface area (Å²) in [5.74, 6) is -3.34. The average Bonchev–Trinajstić information content (AvgIpc) is 2.83. The van der Waals surface area contributed by atoms with Crippen LogP contribution in [0.15, 0.2) is 51.7 Å². The largest absolute Gasteiger partial charge is 0.508 e. The third-order valence-electron chi connectivity index (χ3n) is 5.64. The molecule has 37 heavy (non-hydrogen) atoms. The van der Waals surface area contributed by atoms with Crippen molar-refractivity contribution in [1.82, 2.24) is 0 Å². The van der Waals surface area contributed by atoms with Crippen LogP contribution in [-0.4, -0.2) is 79.4 Å². The maximum atomic E-state index is 12.6. The molecule has 1 saturated heterocycles. The van der Waals surface area contributed by atoms with Gasteiger partial charge in [0.2, 0.25) is 0 Å². The molecule has 1 aliphatic rings. The number of benzene rings is 2. The SMILES string of the molecule is C[C@@H](O[C@@H]1O[C@H](C(=O)O)[C@@H](O)[C@H](O)[C@H]1O)C(=O)Oc1cc(O)c2c(=O)cc(-c3ccc(O)cc3)oc2c1. The zero-order chi connectivity index (χ0) is 27.0. The van der Waals surface area contributed by atoms with Crippen LogP contribution < -0.4 is 10.2 Å². The minimum atomic E-state index is -1.93. The van der Waals surface area contributed by atoms with E-state index >= 15 is 0 Å². The number of esters is 1. The molecule has 0 saturated carbocycles. The lowest BCUT2D eigenvalue weighted by Crippen LogP contribution is -2.61. The molecule has 0 amide bonds. The monoisotopic (exact) mass is 518 g/mol. The number of carboxylic acid groups (broad SMARTS) is 1. The second-order valence-corrected chi connectivity index (χ2v) is 8.27. The van der Waals surface area contributed by atoms with Gasteiger partial charge in [-0.05, 0) is 31.2 Å². The minimum Gasteiger partial charge on any atom is -0.508 e. The molecule has 6 atom stereocenters. The molecule has 0 spiro atoms. The summed E-state index contributed by atoms with van der Waals surface area (Å²) in [6.07, 6.45) is -10.9. The van der Waals surface area contributed by atoms with Gasteiger partial charge in [-0.2, -0.15) is 0 Å². The second-order valence-electron chi connectivity index (χ2n) is 8.27. The Morgan fingerprint density at radius 2 is 1.65 bits per heavy atom. The first-order valence-electron chi connectivity index (χ1n) is 10.9. The first-order chi connectivity index (χ1) is 17.5. The molecule has 6 N–H and O–H groups in total. The third kappa shape index (κ3) is 5.26. The second kappa shape index (κ2) is 10.2. The Bertz CT molecular complexity index is 1380. The maximum absolute atomic E-state index is 12.6. The number of rotatable bonds is 6. The standard InChI is InChI=1S/C24H22O13/c1-9(34-24-20(30)18(28)19(29)21(37-24)22(31)32)23(33)35-12-6-13(26)17-14(27)8-15(36-16(17)7-12)10-2-4-11(25)5-3-10/h2-9,18-21,24-26,28-30H,1H3,(H,31,32)/t9-,18+,19+,20-,21+,24-/m1/s1. The Hall–Kier alpha value is -4.01. The number of aliphatic hydroxyl groups is 3. The number of aliphatic carboxylic acids is 1. The highest BCUT2D eigenvalue weighted by Crippen LogP contribution is 2.32. The van der Waals surface area contributed by atoms with Crippen molar-refractivity contribution in [2.75, 3.05) is 0 Å². The van der Waals surface area contributed by atoms with Crippen LogP contribution in [0.5, 0.6) is 17.2 Å². The lowest BCUT2D eigenvalue weighted by Gasteiger charge is -2.39. The van der Waals surface area contributed by atoms with Gasteiger partial charge in [0.15, 0.2) is 23.9 Å². The predicted octanol–water partition coefficient (Wildman–Crippen LogP) is 0.0739. The average molecular weight is 518 g/mol. The minimum absolute atomic E-state index is 0.00498. The van der Waals surface area contributed by atoms with E-state index in [-0.39, 0.29) is 28.2 Å². The Morgan fingerprint density at radius 3 is 2.30 bits per heavy atom. The van der Waals surface area contributed by atoms with Gasteiger partial charge < -0.3 is 49.3 Å². The molecule has 1 aliphatic heterocycles. The van der Waals surface area contributed by atoms with E-state index in [4.69, 9.17) is 23.7 Å². The van der Waals surface area contributed by atoms with Crippen LogP contribution in [0.1, 0.15) is 6.92 Å². The number of hydrogen-bond acceptors (Lipinski definition) is 12. The van der Waals surface area contributed by atoms with Crippen molar-refractivity contribution in [3.63, 3.8) is 0 Å². The highest BCUT2D eigenvalue weighted by atomic mass is 16.7. The van der Waals surface area contributed by atoms with E-state index in [2.05, 4.69) is 0 Å². The molecule has 4 rings (SSSR count). The Kier molecular flexibility index (Phi) is 7.16. The van der Waals surface area contributed by atoms with Gasteiger partial charge in [-0.1, -0.05) is 0 Å². The van der Waals surface area contributed by atoms with Gasteiger partial charge in [0.05, 0.1) is 0 Å².